The molecule has 1 heterocycles. The number of ether oxygens (including phenoxy) is 1. The average Bonchev–Trinajstić information content (AvgIpc) is 2.97. The summed E-state index contributed by atoms with van der Waals surface area (Å²) in [5.74, 6) is -0.861. The lowest BCUT2D eigenvalue weighted by atomic mass is 10.2. The van der Waals surface area contributed by atoms with Crippen molar-refractivity contribution in [1.29, 1.82) is 0 Å². The van der Waals surface area contributed by atoms with Crippen LogP contribution in [0.2, 0.25) is 0 Å². The molecule has 0 bridgehead atoms. The van der Waals surface area contributed by atoms with E-state index in [2.05, 4.69) is 9.83 Å². The van der Waals surface area contributed by atoms with Crippen molar-refractivity contribution in [2.75, 3.05) is 6.26 Å². The highest BCUT2D eigenvalue weighted by atomic mass is 32.2. The molecule has 0 aliphatic carbocycles. The molecular formula is C16H10F2N2OS. The fourth-order valence-electron chi connectivity index (χ4n) is 2.18. The first-order valence-electron chi connectivity index (χ1n) is 6.32. The van der Waals surface area contributed by atoms with Crippen molar-refractivity contribution < 1.29 is 13.5 Å². The van der Waals surface area contributed by atoms with Crippen LogP contribution in [0, 0.1) is 18.2 Å². The normalized spacial score (nSPS) is 10.6. The molecule has 0 fully saturated rings. The number of halogens is 2. The van der Waals surface area contributed by atoms with Crippen molar-refractivity contribution in [3.8, 4) is 11.5 Å². The van der Waals surface area contributed by atoms with Gasteiger partial charge in [0.1, 0.15) is 11.6 Å². The smallest absolute Gasteiger partial charge is 0.225 e. The van der Waals surface area contributed by atoms with Gasteiger partial charge >= 0.3 is 0 Å². The zero-order valence-corrected chi connectivity index (χ0v) is 12.3. The molecule has 2 aromatic carbocycles. The molecule has 1 N–H and O–H groups in total. The third kappa shape index (κ3) is 2.40. The predicted octanol–water partition coefficient (Wildman–Crippen LogP) is 5.51. The van der Waals surface area contributed by atoms with Crippen LogP contribution in [0.4, 0.5) is 14.5 Å². The highest BCUT2D eigenvalue weighted by Crippen LogP contribution is 2.40. The van der Waals surface area contributed by atoms with Crippen molar-refractivity contribution in [3.05, 3.63) is 59.6 Å². The number of benzene rings is 2. The van der Waals surface area contributed by atoms with Gasteiger partial charge in [0.2, 0.25) is 5.69 Å². The van der Waals surface area contributed by atoms with Gasteiger partial charge in [-0.25, -0.2) is 13.6 Å². The summed E-state index contributed by atoms with van der Waals surface area (Å²) >= 11 is 1.36. The Kier molecular flexibility index (Phi) is 3.73. The summed E-state index contributed by atoms with van der Waals surface area (Å²) in [5, 5.41) is 0.844. The minimum absolute atomic E-state index is 0.0714. The summed E-state index contributed by atoms with van der Waals surface area (Å²) in [6.07, 6.45) is 3.55. The Labute approximate surface area is 129 Å². The molecule has 0 aliphatic rings. The summed E-state index contributed by atoms with van der Waals surface area (Å²) in [6, 6.07) is 6.95. The zero-order chi connectivity index (χ0) is 15.7. The van der Waals surface area contributed by atoms with Gasteiger partial charge in [0, 0.05) is 23.2 Å². The topological polar surface area (TPSA) is 29.4 Å². The maximum absolute atomic E-state index is 14.3. The number of nitrogens with zero attached hydrogens (tertiary/aromatic N) is 1. The highest BCUT2D eigenvalue weighted by molar-refractivity contribution is 7.99. The number of nitrogens with one attached hydrogen (secondary N) is 1. The minimum atomic E-state index is -0.631. The first kappa shape index (κ1) is 14.4. The molecule has 0 unspecified atom stereocenters. The first-order valence-corrected chi connectivity index (χ1v) is 7.55. The monoisotopic (exact) mass is 316 g/mol. The molecule has 3 rings (SSSR count). The van der Waals surface area contributed by atoms with Crippen molar-refractivity contribution in [3.63, 3.8) is 0 Å². The highest BCUT2D eigenvalue weighted by Gasteiger charge is 2.16. The van der Waals surface area contributed by atoms with Gasteiger partial charge in [-0.05, 0) is 30.5 Å². The Morgan fingerprint density at radius 1 is 1.18 bits per heavy atom. The van der Waals surface area contributed by atoms with E-state index >= 15 is 0 Å². The maximum atomic E-state index is 14.3. The van der Waals surface area contributed by atoms with E-state index in [0.29, 0.717) is 10.4 Å². The molecule has 3 aromatic rings. The number of aromatic amines is 1. The number of rotatable bonds is 3. The van der Waals surface area contributed by atoms with Crippen LogP contribution in [-0.2, 0) is 0 Å². The van der Waals surface area contributed by atoms with Gasteiger partial charge in [0.15, 0.2) is 11.6 Å². The van der Waals surface area contributed by atoms with Crippen LogP contribution in [0.1, 0.15) is 0 Å². The van der Waals surface area contributed by atoms with Crippen LogP contribution >= 0.6 is 11.8 Å². The molecule has 6 heteroatoms. The predicted molar refractivity (Wildman–Crippen MR) is 82.8 cm³/mol. The summed E-state index contributed by atoms with van der Waals surface area (Å²) in [7, 11) is 0. The van der Waals surface area contributed by atoms with Crippen molar-refractivity contribution >= 4 is 28.4 Å². The number of aromatic nitrogens is 1. The molecular weight excluding hydrogens is 306 g/mol. The Bertz CT molecular complexity index is 899. The molecule has 110 valence electrons. The van der Waals surface area contributed by atoms with Crippen LogP contribution in [0.25, 0.3) is 15.7 Å². The van der Waals surface area contributed by atoms with E-state index in [0.717, 1.165) is 11.5 Å². The molecule has 0 amide bonds. The average molecular weight is 316 g/mol. The largest absolute Gasteiger partial charge is 0.454 e. The molecule has 22 heavy (non-hydrogen) atoms. The van der Waals surface area contributed by atoms with Crippen LogP contribution in [0.3, 0.4) is 0 Å². The van der Waals surface area contributed by atoms with E-state index < -0.39 is 11.6 Å². The zero-order valence-electron chi connectivity index (χ0n) is 11.5. The van der Waals surface area contributed by atoms with Crippen molar-refractivity contribution in [2.24, 2.45) is 0 Å². The third-order valence-electron chi connectivity index (χ3n) is 3.18. The van der Waals surface area contributed by atoms with Gasteiger partial charge in [-0.1, -0.05) is 0 Å². The second-order valence-corrected chi connectivity index (χ2v) is 5.30. The maximum Gasteiger partial charge on any atom is 0.225 e. The molecule has 0 radical (unpaired) electrons. The Morgan fingerprint density at radius 3 is 2.73 bits per heavy atom. The lowest BCUT2D eigenvalue weighted by Gasteiger charge is -2.12. The number of hydrogen-bond donors (Lipinski definition) is 1. The molecule has 0 saturated carbocycles. The van der Waals surface area contributed by atoms with Crippen LogP contribution in [-0.4, -0.2) is 11.2 Å². The van der Waals surface area contributed by atoms with E-state index in [1.165, 1.54) is 30.0 Å². The van der Waals surface area contributed by atoms with Gasteiger partial charge in [-0.2, -0.15) is 0 Å². The van der Waals surface area contributed by atoms with Crippen molar-refractivity contribution in [2.45, 2.75) is 4.90 Å². The van der Waals surface area contributed by atoms with Crippen LogP contribution in [0.5, 0.6) is 11.5 Å². The SMILES string of the molecule is [C-]#[N+]c1cc(Oc2c(F)cc3[nH]ccc3c2SC)ccc1F. The second kappa shape index (κ2) is 5.70. The second-order valence-electron chi connectivity index (χ2n) is 4.49. The Balaban J connectivity index is 2.11. The lowest BCUT2D eigenvalue weighted by Crippen LogP contribution is -1.92. The molecule has 0 saturated heterocycles. The Hall–Kier alpha value is -2.52. The van der Waals surface area contributed by atoms with Gasteiger partial charge in [0.25, 0.3) is 0 Å². The fraction of sp³-hybridized carbons (Fsp3) is 0.0625. The summed E-state index contributed by atoms with van der Waals surface area (Å²) in [4.78, 5) is 6.67. The minimum Gasteiger partial charge on any atom is -0.454 e. The Morgan fingerprint density at radius 2 is 2.00 bits per heavy atom. The van der Waals surface area contributed by atoms with Gasteiger partial charge in [-0.3, -0.25) is 0 Å². The molecule has 0 spiro atoms. The summed E-state index contributed by atoms with van der Waals surface area (Å²) in [5.41, 5.74) is 0.515. The molecule has 0 atom stereocenters. The number of thioether (sulfide) groups is 1. The fourth-order valence-corrected chi connectivity index (χ4v) is 2.90. The van der Waals surface area contributed by atoms with Crippen LogP contribution in [0.15, 0.2) is 41.4 Å². The molecule has 3 nitrogen and oxygen atoms in total. The summed E-state index contributed by atoms with van der Waals surface area (Å²) in [6.45, 7) is 6.92. The van der Waals surface area contributed by atoms with E-state index in [1.54, 1.807) is 6.20 Å². The number of hydrogen-bond acceptors (Lipinski definition) is 2. The van der Waals surface area contributed by atoms with E-state index in [-0.39, 0.29) is 17.2 Å². The third-order valence-corrected chi connectivity index (χ3v) is 3.99. The van der Waals surface area contributed by atoms with E-state index in [4.69, 9.17) is 11.3 Å². The quantitative estimate of drug-likeness (QED) is 0.510. The van der Waals surface area contributed by atoms with E-state index in [1.807, 2.05) is 12.3 Å². The number of fused-ring (bicyclic) bond motifs is 1. The van der Waals surface area contributed by atoms with Crippen molar-refractivity contribution in [1.82, 2.24) is 4.98 Å². The first-order chi connectivity index (χ1) is 10.6. The molecule has 0 aliphatic heterocycles. The number of H-pyrrole nitrogens is 1. The van der Waals surface area contributed by atoms with Gasteiger partial charge in [0.05, 0.1) is 11.5 Å². The standard InChI is InChI=1S/C16H10F2N2OS/c1-19-14-7-9(3-4-11(14)17)21-15-12(18)8-13-10(5-6-20-13)16(15)22-2/h3-8,20H,2H3. The van der Waals surface area contributed by atoms with Gasteiger partial charge < -0.3 is 9.72 Å². The molecule has 1 aromatic heterocycles. The van der Waals surface area contributed by atoms with Crippen LogP contribution < -0.4 is 4.74 Å². The van der Waals surface area contributed by atoms with Gasteiger partial charge in [-0.15, -0.1) is 11.8 Å². The van der Waals surface area contributed by atoms with E-state index in [9.17, 15) is 8.78 Å². The lowest BCUT2D eigenvalue weighted by molar-refractivity contribution is 0.432. The summed E-state index contributed by atoms with van der Waals surface area (Å²) < 4.78 is 33.2.